The van der Waals surface area contributed by atoms with Gasteiger partial charge in [-0.15, -0.1) is 0 Å². The first kappa shape index (κ1) is 18.3. The number of hydrogen-bond donors (Lipinski definition) is 1. The van der Waals surface area contributed by atoms with Gasteiger partial charge < -0.3 is 5.32 Å². The molecule has 0 rings (SSSR count). The number of rotatable bonds is 7. The molecule has 0 aliphatic rings. The van der Waals surface area contributed by atoms with E-state index in [-0.39, 0.29) is 5.92 Å². The number of nitrogens with zero attached hydrogens (tertiary/aromatic N) is 2. The van der Waals surface area contributed by atoms with Crippen molar-refractivity contribution in [2.45, 2.75) is 47.5 Å². The molecule has 0 bridgehead atoms. The summed E-state index contributed by atoms with van der Waals surface area (Å²) < 4.78 is 13.2. The first-order valence-electron chi connectivity index (χ1n) is 6.98. The Balaban J connectivity index is 4.35. The van der Waals surface area contributed by atoms with Crippen LogP contribution in [0.4, 0.5) is 4.39 Å². The average molecular weight is 279 g/mol. The van der Waals surface area contributed by atoms with Gasteiger partial charge in [0.05, 0.1) is 0 Å². The summed E-state index contributed by atoms with van der Waals surface area (Å²) in [6, 6.07) is 0. The number of hydrogen-bond acceptors (Lipinski definition) is 2. The predicted molar refractivity (Wildman–Crippen MR) is 86.6 cm³/mol. The Bertz CT molecular complexity index is 417. The monoisotopic (exact) mass is 279 g/mol. The van der Waals surface area contributed by atoms with Gasteiger partial charge in [-0.2, -0.15) is 4.39 Å². The second-order valence-corrected chi connectivity index (χ2v) is 4.61. The molecule has 0 aliphatic heterocycles. The van der Waals surface area contributed by atoms with Crippen LogP contribution in [0.15, 0.2) is 46.1 Å². The second-order valence-electron chi connectivity index (χ2n) is 4.61. The molecule has 0 saturated carbocycles. The first-order chi connectivity index (χ1) is 9.49. The van der Waals surface area contributed by atoms with Crippen molar-refractivity contribution >= 4 is 12.1 Å². The summed E-state index contributed by atoms with van der Waals surface area (Å²) >= 11 is 0. The molecular weight excluding hydrogens is 253 g/mol. The second kappa shape index (κ2) is 11.1. The van der Waals surface area contributed by atoms with Crippen LogP contribution < -0.4 is 5.32 Å². The Morgan fingerprint density at radius 3 is 2.65 bits per heavy atom. The summed E-state index contributed by atoms with van der Waals surface area (Å²) in [5, 5.41) is 3.19. The maximum Gasteiger partial charge on any atom is 0.208 e. The maximum atomic E-state index is 13.2. The largest absolute Gasteiger partial charge is 0.348 e. The van der Waals surface area contributed by atoms with E-state index in [0.717, 1.165) is 24.4 Å². The minimum absolute atomic E-state index is 0.104. The third-order valence-corrected chi connectivity index (χ3v) is 2.46. The molecule has 20 heavy (non-hydrogen) atoms. The summed E-state index contributed by atoms with van der Waals surface area (Å²) in [5.41, 5.74) is 1.01. The van der Waals surface area contributed by atoms with Crippen LogP contribution in [0.3, 0.4) is 0 Å². The van der Waals surface area contributed by atoms with Gasteiger partial charge in [0.25, 0.3) is 0 Å². The Labute approximate surface area is 122 Å². The molecule has 1 N–H and O–H groups in total. The lowest BCUT2D eigenvalue weighted by atomic mass is 10.1. The van der Waals surface area contributed by atoms with Crippen molar-refractivity contribution in [3.05, 3.63) is 36.1 Å². The van der Waals surface area contributed by atoms with Gasteiger partial charge in [-0.1, -0.05) is 26.0 Å². The van der Waals surface area contributed by atoms with Crippen LogP contribution in [-0.2, 0) is 0 Å². The fourth-order valence-corrected chi connectivity index (χ4v) is 1.47. The zero-order chi connectivity index (χ0) is 15.4. The smallest absolute Gasteiger partial charge is 0.208 e. The van der Waals surface area contributed by atoms with E-state index in [1.165, 1.54) is 12.3 Å². The van der Waals surface area contributed by atoms with Crippen molar-refractivity contribution in [2.75, 3.05) is 0 Å². The van der Waals surface area contributed by atoms with Gasteiger partial charge in [0.1, 0.15) is 5.84 Å². The van der Waals surface area contributed by atoms with E-state index in [1.807, 2.05) is 32.9 Å². The third kappa shape index (κ3) is 10.2. The summed E-state index contributed by atoms with van der Waals surface area (Å²) in [6.07, 6.45) is 10.5. The fourth-order valence-electron chi connectivity index (χ4n) is 1.47. The topological polar surface area (TPSA) is 36.8 Å². The standard InChI is InChI=1S/C16H26FN3/c1-6-8-11-19-15(5)20-14(4)10-9-13(3)12-16(17)18-7-2/h7-8,10-13H,6,9H2,1-5H3,(H,19,20)/b11-8+,14-10+,16-12-,18-7-. The van der Waals surface area contributed by atoms with Gasteiger partial charge in [-0.3, -0.25) is 0 Å². The molecule has 0 radical (unpaired) electrons. The SMILES string of the molecule is C/C=N\C(F)=C/C(C)C/C=C(\C)NC(C)=N/C=C/CC. The van der Waals surface area contributed by atoms with Crippen molar-refractivity contribution in [3.63, 3.8) is 0 Å². The number of allylic oxidation sites excluding steroid dienone is 4. The zero-order valence-electron chi connectivity index (χ0n) is 13.2. The molecule has 0 heterocycles. The Morgan fingerprint density at radius 2 is 2.05 bits per heavy atom. The minimum Gasteiger partial charge on any atom is -0.348 e. The quantitative estimate of drug-likeness (QED) is 0.407. The predicted octanol–water partition coefficient (Wildman–Crippen LogP) is 4.75. The van der Waals surface area contributed by atoms with E-state index in [9.17, 15) is 4.39 Å². The van der Waals surface area contributed by atoms with Gasteiger partial charge in [-0.25, -0.2) is 9.98 Å². The van der Waals surface area contributed by atoms with Crippen LogP contribution in [0.5, 0.6) is 0 Å². The van der Waals surface area contributed by atoms with E-state index >= 15 is 0 Å². The summed E-state index contributed by atoms with van der Waals surface area (Å²) in [4.78, 5) is 7.84. The van der Waals surface area contributed by atoms with Crippen molar-refractivity contribution in [2.24, 2.45) is 15.9 Å². The van der Waals surface area contributed by atoms with Crippen molar-refractivity contribution < 1.29 is 4.39 Å². The molecular formula is C16H26FN3. The van der Waals surface area contributed by atoms with Gasteiger partial charge in [0.2, 0.25) is 5.95 Å². The highest BCUT2D eigenvalue weighted by molar-refractivity contribution is 5.81. The third-order valence-electron chi connectivity index (χ3n) is 2.46. The molecule has 0 amide bonds. The zero-order valence-corrected chi connectivity index (χ0v) is 13.2. The van der Waals surface area contributed by atoms with Gasteiger partial charge >= 0.3 is 0 Å². The Kier molecular flexibility index (Phi) is 10.2. The molecule has 1 unspecified atom stereocenters. The van der Waals surface area contributed by atoms with Crippen LogP contribution in [-0.4, -0.2) is 12.1 Å². The minimum atomic E-state index is -0.429. The highest BCUT2D eigenvalue weighted by atomic mass is 19.1. The first-order valence-corrected chi connectivity index (χ1v) is 6.98. The molecule has 112 valence electrons. The van der Waals surface area contributed by atoms with Crippen LogP contribution in [0.25, 0.3) is 0 Å². The number of aliphatic imine (C=N–C) groups is 2. The molecule has 0 saturated heterocycles. The van der Waals surface area contributed by atoms with Gasteiger partial charge in [0.15, 0.2) is 0 Å². The summed E-state index contributed by atoms with van der Waals surface area (Å²) in [5.74, 6) is 0.516. The number of halogens is 1. The van der Waals surface area contributed by atoms with Crippen LogP contribution in [0.1, 0.15) is 47.5 Å². The van der Waals surface area contributed by atoms with E-state index in [0.29, 0.717) is 0 Å². The van der Waals surface area contributed by atoms with Crippen molar-refractivity contribution in [1.29, 1.82) is 0 Å². The van der Waals surface area contributed by atoms with E-state index < -0.39 is 5.95 Å². The highest BCUT2D eigenvalue weighted by Crippen LogP contribution is 2.11. The van der Waals surface area contributed by atoms with Crippen molar-refractivity contribution in [1.82, 2.24) is 5.32 Å². The molecule has 0 fully saturated rings. The fraction of sp³-hybridized carbons (Fsp3) is 0.500. The molecule has 4 heteroatoms. The van der Waals surface area contributed by atoms with Crippen LogP contribution in [0, 0.1) is 5.92 Å². The van der Waals surface area contributed by atoms with Crippen LogP contribution >= 0.6 is 0 Å². The van der Waals surface area contributed by atoms with Crippen molar-refractivity contribution in [3.8, 4) is 0 Å². The maximum absolute atomic E-state index is 13.2. The van der Waals surface area contributed by atoms with Crippen LogP contribution in [0.2, 0.25) is 0 Å². The summed E-state index contributed by atoms with van der Waals surface area (Å²) in [6.45, 7) is 9.60. The lowest BCUT2D eigenvalue weighted by molar-refractivity contribution is 0.600. The van der Waals surface area contributed by atoms with E-state index in [1.54, 1.807) is 13.1 Å². The lowest BCUT2D eigenvalue weighted by Crippen LogP contribution is -2.17. The molecule has 0 aromatic rings. The highest BCUT2D eigenvalue weighted by Gasteiger charge is 1.99. The Morgan fingerprint density at radius 1 is 1.35 bits per heavy atom. The van der Waals surface area contributed by atoms with Gasteiger partial charge in [0, 0.05) is 18.1 Å². The molecule has 3 nitrogen and oxygen atoms in total. The lowest BCUT2D eigenvalue weighted by Gasteiger charge is -2.07. The molecule has 0 aromatic heterocycles. The normalized spacial score (nSPS) is 16.2. The summed E-state index contributed by atoms with van der Waals surface area (Å²) in [7, 11) is 0. The molecule has 0 aliphatic carbocycles. The molecule has 0 spiro atoms. The number of amidine groups is 1. The molecule has 1 atom stereocenters. The van der Waals surface area contributed by atoms with E-state index in [2.05, 4.69) is 22.2 Å². The number of nitrogens with one attached hydrogen (secondary N) is 1. The Hall–Kier alpha value is -1.71. The molecule has 0 aromatic carbocycles. The van der Waals surface area contributed by atoms with Gasteiger partial charge in [-0.05, 0) is 45.6 Å². The van der Waals surface area contributed by atoms with E-state index in [4.69, 9.17) is 0 Å². The average Bonchev–Trinajstić information content (AvgIpc) is 2.37.